The van der Waals surface area contributed by atoms with Crippen molar-refractivity contribution in [1.29, 1.82) is 0 Å². The summed E-state index contributed by atoms with van der Waals surface area (Å²) in [6, 6.07) is 6.77. The average Bonchev–Trinajstić information content (AvgIpc) is 3.01. The van der Waals surface area contributed by atoms with Crippen LogP contribution in [-0.2, 0) is 7.05 Å². The van der Waals surface area contributed by atoms with E-state index in [9.17, 15) is 0 Å². The van der Waals surface area contributed by atoms with Gasteiger partial charge in [0.05, 0.1) is 0 Å². The number of aromatic nitrogens is 1. The van der Waals surface area contributed by atoms with Crippen molar-refractivity contribution in [1.82, 2.24) is 4.57 Å². The van der Waals surface area contributed by atoms with Crippen LogP contribution in [0.3, 0.4) is 0 Å². The fourth-order valence-electron chi connectivity index (χ4n) is 3.75. The number of benzene rings is 1. The minimum atomic E-state index is 0.536. The first-order valence-electron chi connectivity index (χ1n) is 7.46. The second-order valence-corrected chi connectivity index (χ2v) is 6.10. The maximum absolute atomic E-state index is 6.11. The molecule has 1 aliphatic rings. The molecular weight excluding hydrogens is 232 g/mol. The summed E-state index contributed by atoms with van der Waals surface area (Å²) < 4.78 is 2.26. The Bertz CT molecular complexity index is 576. The molecule has 102 valence electrons. The third-order valence-corrected chi connectivity index (χ3v) is 4.80. The Hall–Kier alpha value is -1.28. The molecule has 0 saturated heterocycles. The lowest BCUT2D eigenvalue weighted by atomic mass is 9.85. The van der Waals surface area contributed by atoms with Gasteiger partial charge in [-0.05, 0) is 49.4 Å². The molecule has 2 aromatic rings. The predicted octanol–water partition coefficient (Wildman–Crippen LogP) is 3.72. The summed E-state index contributed by atoms with van der Waals surface area (Å²) in [5.41, 5.74) is 10.2. The summed E-state index contributed by atoms with van der Waals surface area (Å²) in [7, 11) is 2.15. The van der Waals surface area contributed by atoms with Gasteiger partial charge in [0.15, 0.2) is 0 Å². The van der Waals surface area contributed by atoms with E-state index in [1.807, 2.05) is 0 Å². The third-order valence-electron chi connectivity index (χ3n) is 4.80. The van der Waals surface area contributed by atoms with Crippen LogP contribution >= 0.6 is 0 Å². The summed E-state index contributed by atoms with van der Waals surface area (Å²) in [6.07, 6.45) is 7.77. The highest BCUT2D eigenvalue weighted by atomic mass is 14.9. The van der Waals surface area contributed by atoms with Crippen LogP contribution in [0.25, 0.3) is 10.9 Å². The minimum absolute atomic E-state index is 0.536. The number of hydrogen-bond acceptors (Lipinski definition) is 1. The second-order valence-electron chi connectivity index (χ2n) is 6.10. The van der Waals surface area contributed by atoms with Gasteiger partial charge in [0.2, 0.25) is 0 Å². The van der Waals surface area contributed by atoms with Crippen molar-refractivity contribution in [2.45, 2.75) is 38.5 Å². The molecule has 1 saturated carbocycles. The number of nitrogens with two attached hydrogens (primary N) is 1. The zero-order valence-electron chi connectivity index (χ0n) is 12.0. The van der Waals surface area contributed by atoms with Gasteiger partial charge in [0.1, 0.15) is 0 Å². The smallest absolute Gasteiger partial charge is 0.0483 e. The van der Waals surface area contributed by atoms with Gasteiger partial charge in [-0.1, -0.05) is 25.0 Å². The molecule has 0 radical (unpaired) electrons. The number of fused-ring (bicyclic) bond motifs is 1. The van der Waals surface area contributed by atoms with E-state index in [0.29, 0.717) is 5.92 Å². The quantitative estimate of drug-likeness (QED) is 0.891. The van der Waals surface area contributed by atoms with Crippen LogP contribution in [0.5, 0.6) is 0 Å². The Morgan fingerprint density at radius 2 is 2.05 bits per heavy atom. The lowest BCUT2D eigenvalue weighted by molar-refractivity contribution is 0.442. The number of hydrogen-bond donors (Lipinski definition) is 1. The topological polar surface area (TPSA) is 30.9 Å². The largest absolute Gasteiger partial charge is 0.350 e. The van der Waals surface area contributed by atoms with Gasteiger partial charge in [-0.2, -0.15) is 0 Å². The first-order valence-corrected chi connectivity index (χ1v) is 7.46. The highest BCUT2D eigenvalue weighted by Crippen LogP contribution is 2.39. The Morgan fingerprint density at radius 3 is 2.74 bits per heavy atom. The van der Waals surface area contributed by atoms with E-state index in [4.69, 9.17) is 5.73 Å². The average molecular weight is 256 g/mol. The van der Waals surface area contributed by atoms with Crippen molar-refractivity contribution in [3.63, 3.8) is 0 Å². The van der Waals surface area contributed by atoms with Crippen LogP contribution in [0.2, 0.25) is 0 Å². The lowest BCUT2D eigenvalue weighted by Crippen LogP contribution is -2.19. The predicted molar refractivity (Wildman–Crippen MR) is 81.4 cm³/mol. The molecule has 1 unspecified atom stereocenters. The van der Waals surface area contributed by atoms with Gasteiger partial charge in [0, 0.05) is 30.1 Å². The van der Waals surface area contributed by atoms with Gasteiger partial charge < -0.3 is 10.3 Å². The Morgan fingerprint density at radius 1 is 1.32 bits per heavy atom. The van der Waals surface area contributed by atoms with E-state index in [0.717, 1.165) is 12.5 Å². The normalized spacial score (nSPS) is 18.3. The Kier molecular flexibility index (Phi) is 3.36. The van der Waals surface area contributed by atoms with Crippen LogP contribution in [0.4, 0.5) is 0 Å². The molecule has 1 fully saturated rings. The molecule has 0 bridgehead atoms. The zero-order chi connectivity index (χ0) is 13.4. The maximum atomic E-state index is 6.11. The highest BCUT2D eigenvalue weighted by Gasteiger charge is 2.27. The van der Waals surface area contributed by atoms with E-state index >= 15 is 0 Å². The highest BCUT2D eigenvalue weighted by molar-refractivity contribution is 5.85. The molecule has 2 nitrogen and oxygen atoms in total. The zero-order valence-corrected chi connectivity index (χ0v) is 12.0. The van der Waals surface area contributed by atoms with Gasteiger partial charge in [-0.25, -0.2) is 0 Å². The third kappa shape index (κ3) is 2.18. The molecule has 1 atom stereocenters. The summed E-state index contributed by atoms with van der Waals surface area (Å²) in [6.45, 7) is 2.93. The van der Waals surface area contributed by atoms with Gasteiger partial charge in [-0.3, -0.25) is 0 Å². The molecule has 1 heterocycles. The fourth-order valence-corrected chi connectivity index (χ4v) is 3.75. The van der Waals surface area contributed by atoms with Crippen LogP contribution in [0, 0.1) is 12.8 Å². The summed E-state index contributed by atoms with van der Waals surface area (Å²) in [5.74, 6) is 1.32. The number of rotatable bonds is 3. The van der Waals surface area contributed by atoms with Gasteiger partial charge in [0.25, 0.3) is 0 Å². The van der Waals surface area contributed by atoms with Crippen molar-refractivity contribution >= 4 is 10.9 Å². The van der Waals surface area contributed by atoms with Crippen LogP contribution in [-0.4, -0.2) is 11.1 Å². The second kappa shape index (κ2) is 5.01. The van der Waals surface area contributed by atoms with E-state index in [1.165, 1.54) is 47.7 Å². The fraction of sp³-hybridized carbons (Fsp3) is 0.529. The van der Waals surface area contributed by atoms with Crippen LogP contribution in [0.1, 0.15) is 42.7 Å². The van der Waals surface area contributed by atoms with E-state index in [-0.39, 0.29) is 0 Å². The Labute approximate surface area is 115 Å². The van der Waals surface area contributed by atoms with Crippen LogP contribution in [0.15, 0.2) is 24.4 Å². The molecule has 1 aliphatic carbocycles. The molecule has 2 N–H and O–H groups in total. The van der Waals surface area contributed by atoms with Crippen molar-refractivity contribution < 1.29 is 0 Å². The summed E-state index contributed by atoms with van der Waals surface area (Å²) >= 11 is 0. The number of aryl methyl sites for hydroxylation is 2. The van der Waals surface area contributed by atoms with E-state index in [1.54, 1.807) is 0 Å². The van der Waals surface area contributed by atoms with Gasteiger partial charge >= 0.3 is 0 Å². The van der Waals surface area contributed by atoms with Crippen molar-refractivity contribution in [2.75, 3.05) is 6.54 Å². The molecule has 0 spiro atoms. The molecule has 0 amide bonds. The van der Waals surface area contributed by atoms with Crippen molar-refractivity contribution in [3.05, 3.63) is 35.5 Å². The molecule has 2 heteroatoms. The molecule has 19 heavy (non-hydrogen) atoms. The van der Waals surface area contributed by atoms with E-state index in [2.05, 4.69) is 42.9 Å². The minimum Gasteiger partial charge on any atom is -0.350 e. The molecule has 1 aromatic heterocycles. The molecule has 3 rings (SSSR count). The monoisotopic (exact) mass is 256 g/mol. The summed E-state index contributed by atoms with van der Waals surface area (Å²) in [5, 5.41) is 1.40. The first-order chi connectivity index (χ1) is 9.20. The standard InChI is InChI=1S/C17H24N2/c1-12-7-8-14-16(11-19(2)17(14)9-12)15(10-18)13-5-3-4-6-13/h7-9,11,13,15H,3-6,10,18H2,1-2H3. The van der Waals surface area contributed by atoms with Crippen LogP contribution < -0.4 is 5.73 Å². The van der Waals surface area contributed by atoms with Gasteiger partial charge in [-0.15, -0.1) is 0 Å². The molecule has 0 aliphatic heterocycles. The SMILES string of the molecule is Cc1ccc2c(C(CN)C3CCCC3)cn(C)c2c1. The summed E-state index contributed by atoms with van der Waals surface area (Å²) in [4.78, 5) is 0. The van der Waals surface area contributed by atoms with Crippen molar-refractivity contribution in [3.8, 4) is 0 Å². The number of nitrogens with zero attached hydrogens (tertiary/aromatic N) is 1. The molecular formula is C17H24N2. The first kappa shape index (κ1) is 12.7. The Balaban J connectivity index is 2.08. The maximum Gasteiger partial charge on any atom is 0.0483 e. The van der Waals surface area contributed by atoms with E-state index < -0.39 is 0 Å². The lowest BCUT2D eigenvalue weighted by Gasteiger charge is -2.21. The van der Waals surface area contributed by atoms with Crippen molar-refractivity contribution in [2.24, 2.45) is 18.7 Å². The molecule has 1 aromatic carbocycles.